The Bertz CT molecular complexity index is 686. The quantitative estimate of drug-likeness (QED) is 0.795. The van der Waals surface area contributed by atoms with Crippen molar-refractivity contribution in [3.8, 4) is 0 Å². The summed E-state index contributed by atoms with van der Waals surface area (Å²) in [6.45, 7) is 1.68. The van der Waals surface area contributed by atoms with Crippen LogP contribution in [0.1, 0.15) is 22.1 Å². The number of aromatic carboxylic acids is 1. The number of amides is 2. The van der Waals surface area contributed by atoms with E-state index in [1.165, 1.54) is 18.2 Å². The number of urea groups is 1. The molecule has 0 aliphatic rings. The van der Waals surface area contributed by atoms with Gasteiger partial charge in [-0.15, -0.1) is 0 Å². The number of hydrogen-bond donors (Lipinski definition) is 3. The lowest BCUT2D eigenvalue weighted by molar-refractivity contribution is 0.0698. The third-order valence-electron chi connectivity index (χ3n) is 2.44. The monoisotopic (exact) mass is 310 g/mol. The second kappa shape index (κ2) is 6.23. The molecule has 2 aromatic rings. The molecule has 0 aliphatic carbocycles. The molecule has 8 nitrogen and oxygen atoms in total. The molecule has 0 unspecified atom stereocenters. The van der Waals surface area contributed by atoms with Gasteiger partial charge in [0.05, 0.1) is 17.8 Å². The van der Waals surface area contributed by atoms with Gasteiger partial charge in [-0.2, -0.15) is 4.98 Å². The topological polar surface area (TPSA) is 117 Å². The summed E-state index contributed by atoms with van der Waals surface area (Å²) in [6, 6.07) is 3.54. The van der Waals surface area contributed by atoms with Crippen molar-refractivity contribution in [3.63, 3.8) is 0 Å². The van der Waals surface area contributed by atoms with Gasteiger partial charge in [-0.05, 0) is 18.2 Å². The summed E-state index contributed by atoms with van der Waals surface area (Å²) >= 11 is 5.72. The summed E-state index contributed by atoms with van der Waals surface area (Å²) in [5.74, 6) is -0.489. The Labute approximate surface area is 124 Å². The SMILES string of the molecule is Cc1nc(CNC(=O)Nc2ccc(Cl)cc2C(=O)O)no1. The lowest BCUT2D eigenvalue weighted by Gasteiger charge is -2.09. The van der Waals surface area contributed by atoms with Gasteiger partial charge in [0.25, 0.3) is 0 Å². The number of benzene rings is 1. The van der Waals surface area contributed by atoms with Crippen LogP contribution >= 0.6 is 11.6 Å². The van der Waals surface area contributed by atoms with E-state index in [0.29, 0.717) is 11.7 Å². The van der Waals surface area contributed by atoms with Gasteiger partial charge in [-0.3, -0.25) is 0 Å². The number of nitrogens with zero attached hydrogens (tertiary/aromatic N) is 2. The molecule has 1 aromatic heterocycles. The van der Waals surface area contributed by atoms with Gasteiger partial charge in [-0.25, -0.2) is 9.59 Å². The van der Waals surface area contributed by atoms with Crippen LogP contribution in [-0.4, -0.2) is 27.2 Å². The van der Waals surface area contributed by atoms with Crippen LogP contribution in [0.2, 0.25) is 5.02 Å². The zero-order valence-corrected chi connectivity index (χ0v) is 11.6. The first-order valence-electron chi connectivity index (χ1n) is 5.82. The van der Waals surface area contributed by atoms with Gasteiger partial charge in [-0.1, -0.05) is 16.8 Å². The molecule has 0 aliphatic heterocycles. The molecule has 3 N–H and O–H groups in total. The van der Waals surface area contributed by atoms with Crippen LogP contribution in [0.3, 0.4) is 0 Å². The smallest absolute Gasteiger partial charge is 0.337 e. The van der Waals surface area contributed by atoms with Crippen molar-refractivity contribution in [2.24, 2.45) is 0 Å². The molecular formula is C12H11ClN4O4. The number of anilines is 1. The van der Waals surface area contributed by atoms with Gasteiger partial charge in [0, 0.05) is 11.9 Å². The lowest BCUT2D eigenvalue weighted by atomic mass is 10.2. The fraction of sp³-hybridized carbons (Fsp3) is 0.167. The van der Waals surface area contributed by atoms with Gasteiger partial charge in [0.15, 0.2) is 5.82 Å². The first-order chi connectivity index (χ1) is 9.95. The van der Waals surface area contributed by atoms with E-state index in [0.717, 1.165) is 0 Å². The Kier molecular flexibility index (Phi) is 4.39. The van der Waals surface area contributed by atoms with Gasteiger partial charge >= 0.3 is 12.0 Å². The maximum absolute atomic E-state index is 11.7. The highest BCUT2D eigenvalue weighted by atomic mass is 35.5. The minimum absolute atomic E-state index is 0.0547. The first-order valence-corrected chi connectivity index (χ1v) is 6.20. The summed E-state index contributed by atoms with van der Waals surface area (Å²) in [5.41, 5.74) is 0.0294. The van der Waals surface area contributed by atoms with Crippen LogP contribution in [0.15, 0.2) is 22.7 Å². The van der Waals surface area contributed by atoms with E-state index in [4.69, 9.17) is 21.2 Å². The molecule has 110 valence electrons. The van der Waals surface area contributed by atoms with Crippen LogP contribution in [-0.2, 0) is 6.54 Å². The molecule has 0 bridgehead atoms. The second-order valence-corrected chi connectivity index (χ2v) is 4.47. The first kappa shape index (κ1) is 14.8. The maximum atomic E-state index is 11.7. The summed E-state index contributed by atoms with van der Waals surface area (Å²) in [5, 5.41) is 17.8. The third kappa shape index (κ3) is 3.93. The highest BCUT2D eigenvalue weighted by molar-refractivity contribution is 6.31. The number of carbonyl (C=O) groups excluding carboxylic acids is 1. The van der Waals surface area contributed by atoms with Crippen molar-refractivity contribution in [1.29, 1.82) is 0 Å². The number of carboxylic acids is 1. The minimum Gasteiger partial charge on any atom is -0.478 e. The van der Waals surface area contributed by atoms with E-state index in [9.17, 15) is 9.59 Å². The molecule has 2 rings (SSSR count). The Morgan fingerprint density at radius 3 is 2.81 bits per heavy atom. The highest BCUT2D eigenvalue weighted by Crippen LogP contribution is 2.20. The van der Waals surface area contributed by atoms with Crippen molar-refractivity contribution >= 4 is 29.3 Å². The molecule has 0 saturated heterocycles. The van der Waals surface area contributed by atoms with Crippen LogP contribution in [0.5, 0.6) is 0 Å². The fourth-order valence-corrected chi connectivity index (χ4v) is 1.71. The molecule has 0 atom stereocenters. The normalized spacial score (nSPS) is 10.2. The van der Waals surface area contributed by atoms with Crippen LogP contribution in [0.4, 0.5) is 10.5 Å². The van der Waals surface area contributed by atoms with Crippen LogP contribution in [0.25, 0.3) is 0 Å². The van der Waals surface area contributed by atoms with Crippen molar-refractivity contribution in [3.05, 3.63) is 40.5 Å². The number of carboxylic acid groups (broad SMARTS) is 1. The van der Waals surface area contributed by atoms with Crippen molar-refractivity contribution in [2.75, 3.05) is 5.32 Å². The average molecular weight is 311 g/mol. The van der Waals surface area contributed by atoms with Gasteiger partial charge < -0.3 is 20.3 Å². The van der Waals surface area contributed by atoms with Crippen LogP contribution in [0, 0.1) is 6.92 Å². The third-order valence-corrected chi connectivity index (χ3v) is 2.67. The summed E-state index contributed by atoms with van der Waals surface area (Å²) in [6.07, 6.45) is 0. The molecule has 0 saturated carbocycles. The zero-order valence-electron chi connectivity index (χ0n) is 10.9. The van der Waals surface area contributed by atoms with E-state index in [1.807, 2.05) is 0 Å². The predicted octanol–water partition coefficient (Wildman–Crippen LogP) is 2.05. The molecule has 0 radical (unpaired) electrons. The van der Waals surface area contributed by atoms with Crippen molar-refractivity contribution in [1.82, 2.24) is 15.5 Å². The van der Waals surface area contributed by atoms with E-state index in [2.05, 4.69) is 20.8 Å². The average Bonchev–Trinajstić information content (AvgIpc) is 2.84. The van der Waals surface area contributed by atoms with Gasteiger partial charge in [0.2, 0.25) is 5.89 Å². The Morgan fingerprint density at radius 2 is 2.19 bits per heavy atom. The molecular weight excluding hydrogens is 300 g/mol. The second-order valence-electron chi connectivity index (χ2n) is 4.03. The molecule has 1 aromatic carbocycles. The van der Waals surface area contributed by atoms with E-state index >= 15 is 0 Å². The molecule has 1 heterocycles. The standard InChI is InChI=1S/C12H11ClN4O4/c1-6-15-10(17-21-6)5-14-12(20)16-9-3-2-7(13)4-8(9)11(18)19/h2-4H,5H2,1H3,(H,18,19)(H2,14,16,20). The number of carbonyl (C=O) groups is 2. The van der Waals surface area contributed by atoms with E-state index in [1.54, 1.807) is 6.92 Å². The molecule has 0 spiro atoms. The maximum Gasteiger partial charge on any atom is 0.337 e. The number of nitrogens with one attached hydrogen (secondary N) is 2. The Morgan fingerprint density at radius 1 is 1.43 bits per heavy atom. The molecule has 2 amide bonds. The number of hydrogen-bond acceptors (Lipinski definition) is 5. The predicted molar refractivity (Wildman–Crippen MR) is 73.3 cm³/mol. The van der Waals surface area contributed by atoms with E-state index in [-0.39, 0.29) is 22.8 Å². The van der Waals surface area contributed by atoms with Gasteiger partial charge in [0.1, 0.15) is 0 Å². The number of aromatic nitrogens is 2. The minimum atomic E-state index is -1.19. The molecule has 21 heavy (non-hydrogen) atoms. The number of rotatable bonds is 4. The largest absolute Gasteiger partial charge is 0.478 e. The molecule has 9 heteroatoms. The zero-order chi connectivity index (χ0) is 15.4. The Hall–Kier alpha value is -2.61. The number of aryl methyl sites for hydroxylation is 1. The summed E-state index contributed by atoms with van der Waals surface area (Å²) in [7, 11) is 0. The summed E-state index contributed by atoms with van der Waals surface area (Å²) in [4.78, 5) is 26.7. The van der Waals surface area contributed by atoms with E-state index < -0.39 is 12.0 Å². The van der Waals surface area contributed by atoms with Crippen molar-refractivity contribution in [2.45, 2.75) is 13.5 Å². The van der Waals surface area contributed by atoms with Crippen LogP contribution < -0.4 is 10.6 Å². The number of halogens is 1. The highest BCUT2D eigenvalue weighted by Gasteiger charge is 2.13. The Balaban J connectivity index is 2.01. The molecule has 0 fully saturated rings. The fourth-order valence-electron chi connectivity index (χ4n) is 1.54. The lowest BCUT2D eigenvalue weighted by Crippen LogP contribution is -2.29. The van der Waals surface area contributed by atoms with Crippen molar-refractivity contribution < 1.29 is 19.2 Å². The summed E-state index contributed by atoms with van der Waals surface area (Å²) < 4.78 is 4.75.